The molecule has 98 valence electrons. The fourth-order valence-corrected chi connectivity index (χ4v) is 2.38. The van der Waals surface area contributed by atoms with Gasteiger partial charge < -0.3 is 0 Å². The van der Waals surface area contributed by atoms with Crippen LogP contribution in [-0.2, 0) is 15.3 Å². The van der Waals surface area contributed by atoms with E-state index in [0.29, 0.717) is 4.90 Å². The van der Waals surface area contributed by atoms with E-state index in [4.69, 9.17) is 10.6 Å². The number of hydrogen-bond donors (Lipinski definition) is 0. The lowest BCUT2D eigenvalue weighted by Crippen LogP contribution is -2.12. The van der Waals surface area contributed by atoms with E-state index >= 15 is 0 Å². The van der Waals surface area contributed by atoms with Crippen LogP contribution in [0.1, 0.15) is 38.2 Å². The fourth-order valence-electron chi connectivity index (χ4n) is 1.55. The molecule has 1 aromatic rings. The van der Waals surface area contributed by atoms with Crippen LogP contribution in [0.15, 0.2) is 29.2 Å². The maximum atomic E-state index is 12.0. The van der Waals surface area contributed by atoms with Crippen LogP contribution in [-0.4, -0.2) is 10.3 Å². The molecule has 1 rings (SSSR count). The molecule has 0 spiro atoms. The van der Waals surface area contributed by atoms with E-state index < -0.39 is 11.1 Å². The van der Waals surface area contributed by atoms with Crippen LogP contribution in [0.2, 0.25) is 0 Å². The Bertz CT molecular complexity index is 417. The summed E-state index contributed by atoms with van der Waals surface area (Å²) in [4.78, 5) is 0.663. The Labute approximate surface area is 112 Å². The van der Waals surface area contributed by atoms with Gasteiger partial charge in [0.05, 0.1) is 4.90 Å². The summed E-state index contributed by atoms with van der Waals surface area (Å²) < 4.78 is 17.4. The van der Waals surface area contributed by atoms with Gasteiger partial charge in [-0.05, 0) is 31.9 Å². The lowest BCUT2D eigenvalue weighted by molar-refractivity contribution is 0.268. The van der Waals surface area contributed by atoms with Crippen molar-refractivity contribution in [3.63, 3.8) is 0 Å². The Hall–Kier alpha value is -1.11. The third kappa shape index (κ3) is 5.03. The topological polar surface area (TPSA) is 26.3 Å². The van der Waals surface area contributed by atoms with Crippen LogP contribution in [0.5, 0.6) is 0 Å². The second-order valence-electron chi connectivity index (χ2n) is 4.30. The maximum absolute atomic E-state index is 12.0. The van der Waals surface area contributed by atoms with E-state index in [-0.39, 0.29) is 6.10 Å². The highest BCUT2D eigenvalue weighted by atomic mass is 32.2. The van der Waals surface area contributed by atoms with Crippen LogP contribution in [0, 0.1) is 19.3 Å². The fraction of sp³-hybridized carbons (Fsp3) is 0.467. The molecule has 0 bridgehead atoms. The van der Waals surface area contributed by atoms with Crippen molar-refractivity contribution in [3.8, 4) is 12.3 Å². The zero-order chi connectivity index (χ0) is 13.4. The van der Waals surface area contributed by atoms with Crippen molar-refractivity contribution >= 4 is 11.1 Å². The Morgan fingerprint density at radius 1 is 1.33 bits per heavy atom. The number of hydrogen-bond acceptors (Lipinski definition) is 2. The first kappa shape index (κ1) is 14.9. The van der Waals surface area contributed by atoms with Crippen molar-refractivity contribution in [1.29, 1.82) is 0 Å². The Kier molecular flexibility index (Phi) is 6.70. The molecule has 3 heteroatoms. The molecule has 0 radical (unpaired) electrons. The van der Waals surface area contributed by atoms with Crippen molar-refractivity contribution in [2.24, 2.45) is 0 Å². The standard InChI is InChI=1S/C15H20O2S/c1-4-6-7-8-14(5-2)17-18(16)15-11-9-13(3)10-12-15/h2,9-12,14H,4,6-8H2,1,3H3. The van der Waals surface area contributed by atoms with Crippen LogP contribution in [0.4, 0.5) is 0 Å². The molecule has 0 aromatic heterocycles. The summed E-state index contributed by atoms with van der Waals surface area (Å²) in [5.41, 5.74) is 1.13. The molecule has 2 unspecified atom stereocenters. The predicted octanol–water partition coefficient (Wildman–Crippen LogP) is 3.62. The van der Waals surface area contributed by atoms with Crippen LogP contribution < -0.4 is 0 Å². The first-order valence-electron chi connectivity index (χ1n) is 6.29. The van der Waals surface area contributed by atoms with Crippen molar-refractivity contribution in [2.75, 3.05) is 0 Å². The average molecular weight is 264 g/mol. The summed E-state index contributed by atoms with van der Waals surface area (Å²) in [6.45, 7) is 4.12. The maximum Gasteiger partial charge on any atom is 0.190 e. The molecule has 0 aliphatic heterocycles. The van der Waals surface area contributed by atoms with E-state index in [9.17, 15) is 4.21 Å². The SMILES string of the molecule is C#CC(CCCCC)OS(=O)c1ccc(C)cc1. The summed E-state index contributed by atoms with van der Waals surface area (Å²) >= 11 is -1.47. The van der Waals surface area contributed by atoms with Gasteiger partial charge in [-0.25, -0.2) is 4.21 Å². The zero-order valence-electron chi connectivity index (χ0n) is 11.0. The van der Waals surface area contributed by atoms with Crippen LogP contribution in [0.3, 0.4) is 0 Å². The van der Waals surface area contributed by atoms with Crippen LogP contribution >= 0.6 is 0 Å². The molecular formula is C15H20O2S. The summed E-state index contributed by atoms with van der Waals surface area (Å²) in [5.74, 6) is 2.56. The molecule has 0 fully saturated rings. The quantitative estimate of drug-likeness (QED) is 0.555. The van der Waals surface area contributed by atoms with Crippen molar-refractivity contribution in [2.45, 2.75) is 50.5 Å². The van der Waals surface area contributed by atoms with Gasteiger partial charge in [0.15, 0.2) is 11.1 Å². The van der Waals surface area contributed by atoms with Gasteiger partial charge in [0.1, 0.15) is 6.10 Å². The lowest BCUT2D eigenvalue weighted by atomic mass is 10.1. The molecule has 18 heavy (non-hydrogen) atoms. The normalized spacial score (nSPS) is 13.8. The highest BCUT2D eigenvalue weighted by Gasteiger charge is 2.12. The molecule has 0 aliphatic carbocycles. The van der Waals surface area contributed by atoms with Gasteiger partial charge in [-0.2, -0.15) is 0 Å². The third-order valence-corrected chi connectivity index (χ3v) is 3.74. The number of rotatable bonds is 7. The number of aryl methyl sites for hydroxylation is 1. The van der Waals surface area contributed by atoms with E-state index in [1.165, 1.54) is 0 Å². The Morgan fingerprint density at radius 2 is 2.00 bits per heavy atom. The minimum atomic E-state index is -1.47. The van der Waals surface area contributed by atoms with Gasteiger partial charge in [-0.3, -0.25) is 4.18 Å². The third-order valence-electron chi connectivity index (χ3n) is 2.67. The largest absolute Gasteiger partial charge is 0.270 e. The molecule has 2 nitrogen and oxygen atoms in total. The highest BCUT2D eigenvalue weighted by Crippen LogP contribution is 2.14. The van der Waals surface area contributed by atoms with Gasteiger partial charge in [-0.15, -0.1) is 6.42 Å². The minimum Gasteiger partial charge on any atom is -0.270 e. The van der Waals surface area contributed by atoms with E-state index in [0.717, 1.165) is 31.2 Å². The summed E-state index contributed by atoms with van der Waals surface area (Å²) in [7, 11) is 0. The van der Waals surface area contributed by atoms with Gasteiger partial charge in [-0.1, -0.05) is 43.4 Å². The van der Waals surface area contributed by atoms with Crippen molar-refractivity contribution < 1.29 is 8.39 Å². The smallest absolute Gasteiger partial charge is 0.190 e. The van der Waals surface area contributed by atoms with E-state index in [2.05, 4.69) is 12.8 Å². The van der Waals surface area contributed by atoms with Crippen molar-refractivity contribution in [1.82, 2.24) is 0 Å². The molecule has 0 saturated heterocycles. The van der Waals surface area contributed by atoms with Crippen molar-refractivity contribution in [3.05, 3.63) is 29.8 Å². The second kappa shape index (κ2) is 8.07. The second-order valence-corrected chi connectivity index (χ2v) is 5.43. The highest BCUT2D eigenvalue weighted by molar-refractivity contribution is 7.80. The van der Waals surface area contributed by atoms with E-state index in [1.807, 2.05) is 31.2 Å². The first-order chi connectivity index (χ1) is 8.67. The zero-order valence-corrected chi connectivity index (χ0v) is 11.8. The minimum absolute atomic E-state index is 0.362. The van der Waals surface area contributed by atoms with Gasteiger partial charge in [0.2, 0.25) is 0 Å². The molecule has 0 saturated carbocycles. The van der Waals surface area contributed by atoms with Gasteiger partial charge >= 0.3 is 0 Å². The van der Waals surface area contributed by atoms with Gasteiger partial charge in [0, 0.05) is 0 Å². The molecule has 0 heterocycles. The monoisotopic (exact) mass is 264 g/mol. The number of terminal acetylenes is 1. The molecule has 0 N–H and O–H groups in total. The Morgan fingerprint density at radius 3 is 2.56 bits per heavy atom. The Balaban J connectivity index is 2.52. The van der Waals surface area contributed by atoms with Crippen LogP contribution in [0.25, 0.3) is 0 Å². The lowest BCUT2D eigenvalue weighted by Gasteiger charge is -2.10. The summed E-state index contributed by atoms with van der Waals surface area (Å²) in [6.07, 6.45) is 9.07. The summed E-state index contributed by atoms with van der Waals surface area (Å²) in [5, 5.41) is 0. The first-order valence-corrected chi connectivity index (χ1v) is 7.36. The van der Waals surface area contributed by atoms with Gasteiger partial charge in [0.25, 0.3) is 0 Å². The number of benzene rings is 1. The molecule has 0 aliphatic rings. The van der Waals surface area contributed by atoms with E-state index in [1.54, 1.807) is 0 Å². The number of unbranched alkanes of at least 4 members (excludes halogenated alkanes) is 2. The molecule has 1 aromatic carbocycles. The summed E-state index contributed by atoms with van der Waals surface area (Å²) in [6, 6.07) is 7.45. The molecule has 2 atom stereocenters. The predicted molar refractivity (Wildman–Crippen MR) is 75.4 cm³/mol. The molecule has 0 amide bonds. The average Bonchev–Trinajstić information content (AvgIpc) is 2.38. The molecular weight excluding hydrogens is 244 g/mol.